The first kappa shape index (κ1) is 37.3. The lowest BCUT2D eigenvalue weighted by Crippen LogP contribution is -2.36. The maximum absolute atomic E-state index is 13.0. The Kier molecular flexibility index (Phi) is 17.0. The van der Waals surface area contributed by atoms with Gasteiger partial charge < -0.3 is 30.1 Å². The van der Waals surface area contributed by atoms with Crippen LogP contribution in [0.4, 0.5) is 5.82 Å². The van der Waals surface area contributed by atoms with Gasteiger partial charge in [-0.1, -0.05) is 115 Å². The van der Waals surface area contributed by atoms with Gasteiger partial charge in [0, 0.05) is 6.20 Å². The lowest BCUT2D eigenvalue weighted by molar-refractivity contribution is -0.0549. The van der Waals surface area contributed by atoms with Crippen LogP contribution >= 0.6 is 0 Å². The number of ether oxygens (including phenoxy) is 2. The van der Waals surface area contributed by atoms with Crippen molar-refractivity contribution in [3.63, 3.8) is 0 Å². The highest BCUT2D eigenvalue weighted by Crippen LogP contribution is 2.28. The predicted molar refractivity (Wildman–Crippen MR) is 176 cm³/mol. The van der Waals surface area contributed by atoms with Crippen molar-refractivity contribution >= 4 is 17.7 Å². The van der Waals surface area contributed by atoms with E-state index in [9.17, 15) is 29.7 Å². The number of aliphatic hydroxyl groups is 3. The van der Waals surface area contributed by atoms with E-state index in [0.717, 1.165) is 23.8 Å². The van der Waals surface area contributed by atoms with Crippen LogP contribution < -0.4 is 11.0 Å². The van der Waals surface area contributed by atoms with Gasteiger partial charge in [-0.15, -0.1) is 0 Å². The summed E-state index contributed by atoms with van der Waals surface area (Å²) in [5.41, 5.74) is -0.663. The molecule has 46 heavy (non-hydrogen) atoms. The van der Waals surface area contributed by atoms with E-state index >= 15 is 0 Å². The second-order valence-electron chi connectivity index (χ2n) is 12.2. The Morgan fingerprint density at radius 1 is 0.826 bits per heavy atom. The molecule has 0 radical (unpaired) electrons. The second-order valence-corrected chi connectivity index (χ2v) is 12.2. The number of rotatable bonds is 22. The number of carbonyl (C=O) groups excluding carboxylic acids is 2. The number of aliphatic hydroxyl groups excluding tert-OH is 3. The highest BCUT2D eigenvalue weighted by Gasteiger charge is 2.43. The average molecular weight is 644 g/mol. The third kappa shape index (κ3) is 11.9. The third-order valence-corrected chi connectivity index (χ3v) is 8.49. The number of nitrogens with one attached hydrogen (secondary N) is 1. The first-order valence-electron chi connectivity index (χ1n) is 17.2. The van der Waals surface area contributed by atoms with Crippen molar-refractivity contribution in [1.29, 1.82) is 0 Å². The number of amides is 1. The van der Waals surface area contributed by atoms with Crippen LogP contribution in [0.3, 0.4) is 0 Å². The average Bonchev–Trinajstić information content (AvgIpc) is 3.34. The lowest BCUT2D eigenvalue weighted by Gasteiger charge is -2.17. The number of hydrogen-bond acceptors (Lipinski definition) is 9. The number of aromatic nitrogens is 2. The molecule has 0 aliphatic carbocycles. The summed E-state index contributed by atoms with van der Waals surface area (Å²) >= 11 is 0. The maximum Gasteiger partial charge on any atom is 0.351 e. The Bertz CT molecular complexity index is 1250. The number of esters is 1. The van der Waals surface area contributed by atoms with Crippen molar-refractivity contribution < 1.29 is 34.4 Å². The van der Waals surface area contributed by atoms with E-state index in [4.69, 9.17) is 9.47 Å². The van der Waals surface area contributed by atoms with E-state index in [-0.39, 0.29) is 23.6 Å². The van der Waals surface area contributed by atoms with Gasteiger partial charge in [0.05, 0.1) is 24.3 Å². The minimum atomic E-state index is -1.45. The Morgan fingerprint density at radius 3 is 1.89 bits per heavy atom. The predicted octanol–water partition coefficient (Wildman–Crippen LogP) is 5.53. The number of unbranched alkanes of at least 4 members (excludes halogenated alkanes) is 15. The topological polar surface area (TPSA) is 160 Å². The zero-order valence-electron chi connectivity index (χ0n) is 27.3. The standard InChI is InChI=1S/C35H53N3O8/c1-2-3-4-5-6-7-8-9-10-11-12-13-14-15-16-19-24-45-34(43)27-21-18-17-20-26(27)32(42)36-29-22-23-38(35(44)37-29)33-31(41)30(40)28(25-39)46-33/h17-18,20-23,28,30-31,33,39-41H,2-16,19,24-25H2,1H3,(H,36,37,42,44)/t28-,30-,31+,33-/m1/s1. The van der Waals surface area contributed by atoms with Crippen molar-refractivity contribution in [2.45, 2.75) is 134 Å². The van der Waals surface area contributed by atoms with Crippen molar-refractivity contribution in [2.75, 3.05) is 18.5 Å². The Labute approximate surface area is 272 Å². The number of carbonyl (C=O) groups is 2. The number of nitrogens with zero attached hydrogens (tertiary/aromatic N) is 2. The molecule has 1 amide bonds. The van der Waals surface area contributed by atoms with Crippen LogP contribution in [0.2, 0.25) is 0 Å². The number of anilines is 1. The molecule has 1 aromatic heterocycles. The van der Waals surface area contributed by atoms with Gasteiger partial charge in [-0.05, 0) is 24.6 Å². The molecule has 1 saturated heterocycles. The molecule has 0 unspecified atom stereocenters. The van der Waals surface area contributed by atoms with Gasteiger partial charge in [0.15, 0.2) is 6.23 Å². The number of benzene rings is 1. The molecule has 2 aromatic rings. The smallest absolute Gasteiger partial charge is 0.351 e. The summed E-state index contributed by atoms with van der Waals surface area (Å²) in [5.74, 6) is -1.32. The van der Waals surface area contributed by atoms with Crippen molar-refractivity contribution in [3.8, 4) is 0 Å². The summed E-state index contributed by atoms with van der Waals surface area (Å²) in [7, 11) is 0. The minimum absolute atomic E-state index is 0.0747. The van der Waals surface area contributed by atoms with E-state index in [1.807, 2.05) is 0 Å². The summed E-state index contributed by atoms with van der Waals surface area (Å²) in [4.78, 5) is 42.2. The highest BCUT2D eigenvalue weighted by atomic mass is 16.6. The fourth-order valence-corrected chi connectivity index (χ4v) is 5.72. The Morgan fingerprint density at radius 2 is 1.37 bits per heavy atom. The van der Waals surface area contributed by atoms with Crippen LogP contribution in [-0.4, -0.2) is 68.3 Å². The molecule has 0 bridgehead atoms. The molecule has 1 aromatic carbocycles. The maximum atomic E-state index is 13.0. The van der Waals surface area contributed by atoms with Crippen molar-refractivity contribution in [3.05, 3.63) is 58.1 Å². The van der Waals surface area contributed by atoms with E-state index in [1.54, 1.807) is 12.1 Å². The molecule has 0 spiro atoms. The summed E-state index contributed by atoms with van der Waals surface area (Å²) < 4.78 is 11.8. The summed E-state index contributed by atoms with van der Waals surface area (Å²) in [6.45, 7) is 1.99. The van der Waals surface area contributed by atoms with E-state index in [1.165, 1.54) is 108 Å². The SMILES string of the molecule is CCCCCCCCCCCCCCCCCCOC(=O)c1ccccc1C(=O)Nc1ccn([C@@H]2O[C@H](CO)[C@@H](O)[C@@H]2O)c(=O)n1. The molecule has 4 atom stereocenters. The van der Waals surface area contributed by atoms with Gasteiger partial charge in [-0.25, -0.2) is 9.59 Å². The normalized spacial score (nSPS) is 19.3. The molecule has 2 heterocycles. The van der Waals surface area contributed by atoms with Gasteiger partial charge in [0.25, 0.3) is 5.91 Å². The Hall–Kier alpha value is -3.12. The van der Waals surface area contributed by atoms with Crippen molar-refractivity contribution in [1.82, 2.24) is 9.55 Å². The molecule has 0 saturated carbocycles. The van der Waals surface area contributed by atoms with Gasteiger partial charge in [-0.3, -0.25) is 9.36 Å². The van der Waals surface area contributed by atoms with E-state index in [0.29, 0.717) is 0 Å². The molecule has 1 fully saturated rings. The van der Waals surface area contributed by atoms with Crippen LogP contribution in [-0.2, 0) is 9.47 Å². The second kappa shape index (κ2) is 20.9. The molecule has 4 N–H and O–H groups in total. The summed E-state index contributed by atoms with van der Waals surface area (Å²) in [6, 6.07) is 7.59. The van der Waals surface area contributed by atoms with Crippen LogP contribution in [0.15, 0.2) is 41.3 Å². The fourth-order valence-electron chi connectivity index (χ4n) is 5.72. The molecule has 1 aliphatic heterocycles. The first-order chi connectivity index (χ1) is 22.4. The molecule has 3 rings (SSSR count). The van der Waals surface area contributed by atoms with E-state index < -0.39 is 48.7 Å². The summed E-state index contributed by atoms with van der Waals surface area (Å²) in [6.07, 6.45) is 16.3. The van der Waals surface area contributed by atoms with Gasteiger partial charge in [0.2, 0.25) is 0 Å². The molecular weight excluding hydrogens is 590 g/mol. The number of hydrogen-bond donors (Lipinski definition) is 4. The van der Waals surface area contributed by atoms with Crippen LogP contribution in [0.1, 0.15) is 137 Å². The molecule has 11 heteroatoms. The third-order valence-electron chi connectivity index (χ3n) is 8.49. The molecular formula is C35H53N3O8. The molecule has 256 valence electrons. The van der Waals surface area contributed by atoms with Crippen LogP contribution in [0.5, 0.6) is 0 Å². The largest absolute Gasteiger partial charge is 0.462 e. The summed E-state index contributed by atoms with van der Waals surface area (Å²) in [5, 5.41) is 31.9. The van der Waals surface area contributed by atoms with Crippen LogP contribution in [0.25, 0.3) is 0 Å². The molecule has 1 aliphatic rings. The van der Waals surface area contributed by atoms with Gasteiger partial charge in [-0.2, -0.15) is 4.98 Å². The van der Waals surface area contributed by atoms with Gasteiger partial charge >= 0.3 is 11.7 Å². The zero-order chi connectivity index (χ0) is 33.1. The fraction of sp³-hybridized carbons (Fsp3) is 0.657. The quantitative estimate of drug-likeness (QED) is 0.0956. The Balaban J connectivity index is 1.33. The monoisotopic (exact) mass is 643 g/mol. The zero-order valence-corrected chi connectivity index (χ0v) is 27.3. The van der Waals surface area contributed by atoms with Crippen molar-refractivity contribution in [2.24, 2.45) is 0 Å². The highest BCUT2D eigenvalue weighted by molar-refractivity contribution is 6.10. The van der Waals surface area contributed by atoms with E-state index in [2.05, 4.69) is 17.2 Å². The van der Waals surface area contributed by atoms with Crippen LogP contribution in [0, 0.1) is 0 Å². The lowest BCUT2D eigenvalue weighted by atomic mass is 10.0. The first-order valence-corrected chi connectivity index (χ1v) is 17.2. The minimum Gasteiger partial charge on any atom is -0.462 e. The molecule has 11 nitrogen and oxygen atoms in total. The van der Waals surface area contributed by atoms with Gasteiger partial charge in [0.1, 0.15) is 24.1 Å².